The second-order valence-corrected chi connectivity index (χ2v) is 4.06. The van der Waals surface area contributed by atoms with E-state index in [1.54, 1.807) is 6.07 Å². The molecule has 0 unspecified atom stereocenters. The predicted molar refractivity (Wildman–Crippen MR) is 62.8 cm³/mol. The molecule has 82 valence electrons. The first kappa shape index (κ1) is 10.9. The van der Waals surface area contributed by atoms with Crippen LogP contribution in [-0.4, -0.2) is 16.1 Å². The van der Waals surface area contributed by atoms with E-state index in [-0.39, 0.29) is 11.6 Å². The zero-order valence-corrected chi connectivity index (χ0v) is 9.45. The summed E-state index contributed by atoms with van der Waals surface area (Å²) < 4.78 is 0. The molecule has 1 N–H and O–H groups in total. The van der Waals surface area contributed by atoms with Crippen molar-refractivity contribution in [2.45, 2.75) is 13.3 Å². The SMILES string of the molecule is Cc1ccc2cc(CC(=O)O)c(Cl)nc2c1. The molecule has 1 aromatic carbocycles. The lowest BCUT2D eigenvalue weighted by molar-refractivity contribution is -0.136. The van der Waals surface area contributed by atoms with Crippen molar-refractivity contribution >= 4 is 28.5 Å². The van der Waals surface area contributed by atoms with E-state index < -0.39 is 5.97 Å². The number of pyridine rings is 1. The van der Waals surface area contributed by atoms with Gasteiger partial charge in [-0.2, -0.15) is 0 Å². The Morgan fingerprint density at radius 1 is 1.44 bits per heavy atom. The normalized spacial score (nSPS) is 10.6. The number of aryl methyl sites for hydroxylation is 1. The highest BCUT2D eigenvalue weighted by Gasteiger charge is 2.08. The number of rotatable bonds is 2. The number of fused-ring (bicyclic) bond motifs is 1. The Labute approximate surface area is 97.7 Å². The van der Waals surface area contributed by atoms with E-state index in [1.165, 1.54) is 0 Å². The molecular formula is C12H10ClNO2. The molecule has 1 heterocycles. The molecule has 0 aliphatic heterocycles. The van der Waals surface area contributed by atoms with Crippen molar-refractivity contribution in [3.05, 3.63) is 40.5 Å². The molecule has 2 aromatic rings. The number of halogens is 1. The molecule has 0 bridgehead atoms. The van der Waals surface area contributed by atoms with Gasteiger partial charge in [0.1, 0.15) is 5.15 Å². The van der Waals surface area contributed by atoms with Crippen LogP contribution in [0.2, 0.25) is 5.15 Å². The van der Waals surface area contributed by atoms with Gasteiger partial charge < -0.3 is 5.11 Å². The van der Waals surface area contributed by atoms with Gasteiger partial charge >= 0.3 is 5.97 Å². The topological polar surface area (TPSA) is 50.2 Å². The minimum atomic E-state index is -0.907. The highest BCUT2D eigenvalue weighted by atomic mass is 35.5. The lowest BCUT2D eigenvalue weighted by Crippen LogP contribution is -2.01. The highest BCUT2D eigenvalue weighted by Crippen LogP contribution is 2.21. The molecule has 16 heavy (non-hydrogen) atoms. The fourth-order valence-corrected chi connectivity index (χ4v) is 1.80. The number of aliphatic carboxylic acids is 1. The second-order valence-electron chi connectivity index (χ2n) is 3.70. The molecule has 0 radical (unpaired) electrons. The third-order valence-corrected chi connectivity index (χ3v) is 2.67. The van der Waals surface area contributed by atoms with Crippen LogP contribution >= 0.6 is 11.6 Å². The first-order chi connectivity index (χ1) is 7.56. The lowest BCUT2D eigenvalue weighted by atomic mass is 10.1. The van der Waals surface area contributed by atoms with Crippen molar-refractivity contribution in [2.24, 2.45) is 0 Å². The van der Waals surface area contributed by atoms with Crippen LogP contribution in [0.3, 0.4) is 0 Å². The average Bonchev–Trinajstić information content (AvgIpc) is 2.19. The van der Waals surface area contributed by atoms with Crippen LogP contribution in [-0.2, 0) is 11.2 Å². The third-order valence-electron chi connectivity index (χ3n) is 2.34. The molecule has 0 amide bonds. The zero-order chi connectivity index (χ0) is 11.7. The number of carbonyl (C=O) groups is 1. The fourth-order valence-electron chi connectivity index (χ4n) is 1.58. The van der Waals surface area contributed by atoms with Gasteiger partial charge in [-0.3, -0.25) is 4.79 Å². The van der Waals surface area contributed by atoms with E-state index in [2.05, 4.69) is 4.98 Å². The molecule has 0 saturated heterocycles. The molecule has 0 atom stereocenters. The molecule has 0 spiro atoms. The summed E-state index contributed by atoms with van der Waals surface area (Å²) >= 11 is 5.93. The van der Waals surface area contributed by atoms with Gasteiger partial charge in [-0.25, -0.2) is 4.98 Å². The first-order valence-corrected chi connectivity index (χ1v) is 5.21. The van der Waals surface area contributed by atoms with Crippen molar-refractivity contribution in [3.63, 3.8) is 0 Å². The number of benzene rings is 1. The minimum Gasteiger partial charge on any atom is -0.481 e. The Morgan fingerprint density at radius 3 is 2.88 bits per heavy atom. The van der Waals surface area contributed by atoms with Crippen LogP contribution in [0.4, 0.5) is 0 Å². The molecule has 0 fully saturated rings. The molecular weight excluding hydrogens is 226 g/mol. The maximum Gasteiger partial charge on any atom is 0.307 e. The van der Waals surface area contributed by atoms with Crippen LogP contribution in [0.1, 0.15) is 11.1 Å². The monoisotopic (exact) mass is 235 g/mol. The fraction of sp³-hybridized carbons (Fsp3) is 0.167. The summed E-state index contributed by atoms with van der Waals surface area (Å²) in [5, 5.41) is 9.89. The largest absolute Gasteiger partial charge is 0.481 e. The molecule has 0 saturated carbocycles. The van der Waals surface area contributed by atoms with E-state index in [0.29, 0.717) is 5.56 Å². The Balaban J connectivity index is 2.58. The first-order valence-electron chi connectivity index (χ1n) is 4.84. The molecule has 1 aromatic heterocycles. The van der Waals surface area contributed by atoms with E-state index in [1.807, 2.05) is 25.1 Å². The van der Waals surface area contributed by atoms with Crippen LogP contribution in [0.25, 0.3) is 10.9 Å². The van der Waals surface area contributed by atoms with Crippen LogP contribution in [0, 0.1) is 6.92 Å². The summed E-state index contributed by atoms with van der Waals surface area (Å²) in [6.45, 7) is 1.97. The number of aromatic nitrogens is 1. The van der Waals surface area contributed by atoms with Gasteiger partial charge in [0.25, 0.3) is 0 Å². The summed E-state index contributed by atoms with van der Waals surface area (Å²) in [6, 6.07) is 7.58. The number of hydrogen-bond donors (Lipinski definition) is 1. The van der Waals surface area contributed by atoms with Crippen molar-refractivity contribution in [1.29, 1.82) is 0 Å². The van der Waals surface area contributed by atoms with Gasteiger partial charge in [0.05, 0.1) is 11.9 Å². The maximum atomic E-state index is 10.6. The number of nitrogens with zero attached hydrogens (tertiary/aromatic N) is 1. The van der Waals surface area contributed by atoms with Crippen molar-refractivity contribution in [3.8, 4) is 0 Å². The van der Waals surface area contributed by atoms with E-state index in [9.17, 15) is 4.79 Å². The Kier molecular flexibility index (Phi) is 2.79. The van der Waals surface area contributed by atoms with Gasteiger partial charge in [-0.1, -0.05) is 23.7 Å². The minimum absolute atomic E-state index is 0.102. The average molecular weight is 236 g/mol. The van der Waals surface area contributed by atoms with Gasteiger partial charge in [0.15, 0.2) is 0 Å². The lowest BCUT2D eigenvalue weighted by Gasteiger charge is -2.04. The summed E-state index contributed by atoms with van der Waals surface area (Å²) in [6.07, 6.45) is -0.102. The summed E-state index contributed by atoms with van der Waals surface area (Å²) in [4.78, 5) is 14.8. The van der Waals surface area contributed by atoms with Gasteiger partial charge in [-0.05, 0) is 24.6 Å². The van der Waals surface area contributed by atoms with Crippen molar-refractivity contribution in [2.75, 3.05) is 0 Å². The highest BCUT2D eigenvalue weighted by molar-refractivity contribution is 6.30. The Morgan fingerprint density at radius 2 is 2.19 bits per heavy atom. The standard InChI is InChI=1S/C12H10ClNO2/c1-7-2-3-8-5-9(6-11(15)16)12(13)14-10(8)4-7/h2-5H,6H2,1H3,(H,15,16). The quantitative estimate of drug-likeness (QED) is 0.815. The predicted octanol–water partition coefficient (Wildman–Crippen LogP) is 2.82. The molecule has 4 heteroatoms. The van der Waals surface area contributed by atoms with Gasteiger partial charge in [0, 0.05) is 10.9 Å². The number of carboxylic acid groups (broad SMARTS) is 1. The summed E-state index contributed by atoms with van der Waals surface area (Å²) in [5.41, 5.74) is 2.44. The maximum absolute atomic E-state index is 10.6. The molecule has 3 nitrogen and oxygen atoms in total. The second kappa shape index (κ2) is 4.10. The Hall–Kier alpha value is -1.61. The third kappa shape index (κ3) is 2.14. The zero-order valence-electron chi connectivity index (χ0n) is 8.70. The Bertz CT molecular complexity index is 566. The van der Waals surface area contributed by atoms with Crippen LogP contribution in [0.15, 0.2) is 24.3 Å². The number of carboxylic acids is 1. The van der Waals surface area contributed by atoms with E-state index in [4.69, 9.17) is 16.7 Å². The summed E-state index contributed by atoms with van der Waals surface area (Å²) in [7, 11) is 0. The van der Waals surface area contributed by atoms with E-state index >= 15 is 0 Å². The van der Waals surface area contributed by atoms with Gasteiger partial charge in [0.2, 0.25) is 0 Å². The summed E-state index contributed by atoms with van der Waals surface area (Å²) in [5.74, 6) is -0.907. The van der Waals surface area contributed by atoms with Crippen LogP contribution < -0.4 is 0 Å². The molecule has 0 aliphatic rings. The van der Waals surface area contributed by atoms with Crippen molar-refractivity contribution in [1.82, 2.24) is 4.98 Å². The number of hydrogen-bond acceptors (Lipinski definition) is 2. The molecule has 2 rings (SSSR count). The smallest absolute Gasteiger partial charge is 0.307 e. The van der Waals surface area contributed by atoms with Gasteiger partial charge in [-0.15, -0.1) is 0 Å². The van der Waals surface area contributed by atoms with E-state index in [0.717, 1.165) is 16.5 Å². The van der Waals surface area contributed by atoms with Crippen molar-refractivity contribution < 1.29 is 9.90 Å². The van der Waals surface area contributed by atoms with Crippen LogP contribution in [0.5, 0.6) is 0 Å². The molecule has 0 aliphatic carbocycles.